The third-order valence-electron chi connectivity index (χ3n) is 8.97. The molecule has 0 amide bonds. The molecule has 0 aliphatic carbocycles. The SMILES string of the molecule is CCCCCCC(CCCC)COCCCCCCN(CCO)CCCCCCOC(=O)C(CCCC)CCCCCC. The number of rotatable bonds is 35. The van der Waals surface area contributed by atoms with Gasteiger partial charge in [-0.2, -0.15) is 0 Å². The van der Waals surface area contributed by atoms with Crippen molar-refractivity contribution in [3.63, 3.8) is 0 Å². The Labute approximate surface area is 269 Å². The smallest absolute Gasteiger partial charge is 0.308 e. The standard InChI is InChI=1S/C38H77NO4/c1-5-9-13-19-26-36(25-11-7-3)35-42-33-23-17-15-21-29-39(31-32-40)30-22-16-18-24-34-43-38(41)37(27-12-8-4)28-20-14-10-6-2/h36-37,40H,5-35H2,1-4H3. The van der Waals surface area contributed by atoms with Crippen LogP contribution >= 0.6 is 0 Å². The molecule has 5 heteroatoms. The summed E-state index contributed by atoms with van der Waals surface area (Å²) in [5.41, 5.74) is 0. The molecule has 2 atom stereocenters. The Morgan fingerprint density at radius 2 is 1.05 bits per heavy atom. The van der Waals surface area contributed by atoms with Gasteiger partial charge in [0.05, 0.1) is 19.1 Å². The van der Waals surface area contributed by atoms with Gasteiger partial charge in [0.1, 0.15) is 0 Å². The van der Waals surface area contributed by atoms with E-state index >= 15 is 0 Å². The summed E-state index contributed by atoms with van der Waals surface area (Å²) in [5.74, 6) is 0.899. The van der Waals surface area contributed by atoms with Crippen LogP contribution in [0.4, 0.5) is 0 Å². The predicted molar refractivity (Wildman–Crippen MR) is 186 cm³/mol. The van der Waals surface area contributed by atoms with Gasteiger partial charge in [-0.3, -0.25) is 4.79 Å². The average molecular weight is 612 g/mol. The average Bonchev–Trinajstić information content (AvgIpc) is 3.01. The first-order valence-electron chi connectivity index (χ1n) is 19.2. The molecule has 0 bridgehead atoms. The molecule has 0 aromatic heterocycles. The summed E-state index contributed by atoms with van der Waals surface area (Å²) >= 11 is 0. The molecule has 0 saturated heterocycles. The highest BCUT2D eigenvalue weighted by atomic mass is 16.5. The van der Waals surface area contributed by atoms with E-state index in [0.29, 0.717) is 6.61 Å². The zero-order chi connectivity index (χ0) is 31.6. The lowest BCUT2D eigenvalue weighted by Crippen LogP contribution is -2.29. The first kappa shape index (κ1) is 42.3. The minimum absolute atomic E-state index is 0.0413. The Hall–Kier alpha value is -0.650. The second kappa shape index (κ2) is 34.2. The maximum atomic E-state index is 12.6. The van der Waals surface area contributed by atoms with E-state index < -0.39 is 0 Å². The van der Waals surface area contributed by atoms with Crippen LogP contribution in [0.15, 0.2) is 0 Å². The summed E-state index contributed by atoms with van der Waals surface area (Å²) in [6.45, 7) is 14.6. The van der Waals surface area contributed by atoms with Gasteiger partial charge in [0.15, 0.2) is 0 Å². The van der Waals surface area contributed by atoms with Crippen LogP contribution in [0.1, 0.15) is 182 Å². The molecule has 0 spiro atoms. The zero-order valence-electron chi connectivity index (χ0n) is 29.7. The van der Waals surface area contributed by atoms with Crippen molar-refractivity contribution < 1.29 is 19.4 Å². The van der Waals surface area contributed by atoms with Gasteiger partial charge >= 0.3 is 5.97 Å². The largest absolute Gasteiger partial charge is 0.465 e. The van der Waals surface area contributed by atoms with E-state index in [1.165, 1.54) is 96.3 Å². The van der Waals surface area contributed by atoms with Crippen LogP contribution in [0.2, 0.25) is 0 Å². The molecule has 0 heterocycles. The Bertz CT molecular complexity index is 558. The number of esters is 1. The summed E-state index contributed by atoms with van der Waals surface area (Å²) in [5, 5.41) is 9.51. The predicted octanol–water partition coefficient (Wildman–Crippen LogP) is 10.5. The number of hydrogen-bond donors (Lipinski definition) is 1. The van der Waals surface area contributed by atoms with E-state index in [4.69, 9.17) is 9.47 Å². The molecule has 1 N–H and O–H groups in total. The Morgan fingerprint density at radius 3 is 1.65 bits per heavy atom. The fraction of sp³-hybridized carbons (Fsp3) is 0.974. The first-order valence-corrected chi connectivity index (χ1v) is 19.2. The molecule has 258 valence electrons. The summed E-state index contributed by atoms with van der Waals surface area (Å²) in [6.07, 6.45) is 29.0. The van der Waals surface area contributed by atoms with Crippen LogP contribution in [0, 0.1) is 11.8 Å². The molecule has 0 saturated carbocycles. The van der Waals surface area contributed by atoms with Crippen LogP contribution < -0.4 is 0 Å². The van der Waals surface area contributed by atoms with Crippen molar-refractivity contribution in [2.45, 2.75) is 182 Å². The Balaban J connectivity index is 3.93. The summed E-state index contributed by atoms with van der Waals surface area (Å²) in [6, 6.07) is 0. The van der Waals surface area contributed by atoms with Crippen molar-refractivity contribution >= 4 is 5.97 Å². The van der Waals surface area contributed by atoms with Gasteiger partial charge in [-0.25, -0.2) is 0 Å². The quantitative estimate of drug-likeness (QED) is 0.0571. The van der Waals surface area contributed by atoms with Crippen LogP contribution in [-0.4, -0.2) is 62.0 Å². The van der Waals surface area contributed by atoms with E-state index in [2.05, 4.69) is 32.6 Å². The lowest BCUT2D eigenvalue weighted by molar-refractivity contribution is -0.149. The summed E-state index contributed by atoms with van der Waals surface area (Å²) < 4.78 is 11.8. The van der Waals surface area contributed by atoms with Gasteiger partial charge < -0.3 is 19.5 Å². The monoisotopic (exact) mass is 612 g/mol. The van der Waals surface area contributed by atoms with E-state index in [1.807, 2.05) is 0 Å². The number of aliphatic hydroxyl groups is 1. The highest BCUT2D eigenvalue weighted by Gasteiger charge is 2.19. The summed E-state index contributed by atoms with van der Waals surface area (Å²) in [4.78, 5) is 15.0. The van der Waals surface area contributed by atoms with Crippen LogP contribution in [0.3, 0.4) is 0 Å². The zero-order valence-corrected chi connectivity index (χ0v) is 29.7. The molecule has 0 radical (unpaired) electrons. The van der Waals surface area contributed by atoms with E-state index in [9.17, 15) is 9.90 Å². The second-order valence-electron chi connectivity index (χ2n) is 13.2. The maximum absolute atomic E-state index is 12.6. The van der Waals surface area contributed by atoms with Crippen molar-refractivity contribution in [1.29, 1.82) is 0 Å². The molecule has 0 aliphatic rings. The molecule has 0 aliphatic heterocycles. The van der Waals surface area contributed by atoms with Gasteiger partial charge in [-0.15, -0.1) is 0 Å². The third kappa shape index (κ3) is 28.6. The number of carbonyl (C=O) groups is 1. The Kier molecular flexibility index (Phi) is 33.7. The summed E-state index contributed by atoms with van der Waals surface area (Å²) in [7, 11) is 0. The fourth-order valence-corrected chi connectivity index (χ4v) is 6.01. The van der Waals surface area contributed by atoms with E-state index in [0.717, 1.165) is 96.6 Å². The van der Waals surface area contributed by atoms with Gasteiger partial charge in [0.25, 0.3) is 0 Å². The van der Waals surface area contributed by atoms with Crippen LogP contribution in [0.5, 0.6) is 0 Å². The van der Waals surface area contributed by atoms with E-state index in [-0.39, 0.29) is 18.5 Å². The minimum Gasteiger partial charge on any atom is -0.465 e. The van der Waals surface area contributed by atoms with Gasteiger partial charge in [0, 0.05) is 19.8 Å². The van der Waals surface area contributed by atoms with Crippen LogP contribution in [-0.2, 0) is 14.3 Å². The van der Waals surface area contributed by atoms with E-state index in [1.54, 1.807) is 0 Å². The lowest BCUT2D eigenvalue weighted by Gasteiger charge is -2.21. The number of hydrogen-bond acceptors (Lipinski definition) is 5. The molecule has 2 unspecified atom stereocenters. The van der Waals surface area contributed by atoms with Gasteiger partial charge in [-0.05, 0) is 70.4 Å². The topological polar surface area (TPSA) is 59.0 Å². The van der Waals surface area contributed by atoms with Crippen molar-refractivity contribution in [3.8, 4) is 0 Å². The highest BCUT2D eigenvalue weighted by molar-refractivity contribution is 5.72. The van der Waals surface area contributed by atoms with Crippen molar-refractivity contribution in [2.75, 3.05) is 46.1 Å². The van der Waals surface area contributed by atoms with Crippen LogP contribution in [0.25, 0.3) is 0 Å². The Morgan fingerprint density at radius 1 is 0.558 bits per heavy atom. The van der Waals surface area contributed by atoms with Crippen molar-refractivity contribution in [2.24, 2.45) is 11.8 Å². The molecule has 0 aromatic rings. The molecule has 43 heavy (non-hydrogen) atoms. The maximum Gasteiger partial charge on any atom is 0.308 e. The molecular formula is C38H77NO4. The normalized spacial score (nSPS) is 13.1. The van der Waals surface area contributed by atoms with Crippen molar-refractivity contribution in [3.05, 3.63) is 0 Å². The first-order chi connectivity index (χ1) is 21.1. The lowest BCUT2D eigenvalue weighted by atomic mass is 9.95. The molecule has 5 nitrogen and oxygen atoms in total. The highest BCUT2D eigenvalue weighted by Crippen LogP contribution is 2.20. The third-order valence-corrected chi connectivity index (χ3v) is 8.97. The number of ether oxygens (including phenoxy) is 2. The fourth-order valence-electron chi connectivity index (χ4n) is 6.01. The minimum atomic E-state index is 0.0413. The number of unbranched alkanes of at least 4 members (excludes halogenated alkanes) is 14. The van der Waals surface area contributed by atoms with Gasteiger partial charge in [-0.1, -0.05) is 130 Å². The number of nitrogens with zero attached hydrogens (tertiary/aromatic N) is 1. The van der Waals surface area contributed by atoms with Crippen molar-refractivity contribution in [1.82, 2.24) is 4.90 Å². The number of carbonyl (C=O) groups excluding carboxylic acids is 1. The second-order valence-corrected chi connectivity index (χ2v) is 13.2. The molecule has 0 fully saturated rings. The molecular weight excluding hydrogens is 534 g/mol. The molecule has 0 rings (SSSR count). The number of aliphatic hydroxyl groups excluding tert-OH is 1. The van der Waals surface area contributed by atoms with Gasteiger partial charge in [0.2, 0.25) is 0 Å². The molecule has 0 aromatic carbocycles.